The van der Waals surface area contributed by atoms with Crippen molar-refractivity contribution >= 4 is 10.9 Å². The Morgan fingerprint density at radius 2 is 2.11 bits per heavy atom. The molecule has 18 heavy (non-hydrogen) atoms. The summed E-state index contributed by atoms with van der Waals surface area (Å²) in [7, 11) is 1.94. The van der Waals surface area contributed by atoms with Gasteiger partial charge in [0.05, 0.1) is 5.52 Å². The third-order valence-corrected chi connectivity index (χ3v) is 3.32. The van der Waals surface area contributed by atoms with E-state index < -0.39 is 0 Å². The fourth-order valence-electron chi connectivity index (χ4n) is 2.42. The second-order valence-corrected chi connectivity index (χ2v) is 5.00. The number of nitrogens with zero attached hydrogens (tertiary/aromatic N) is 1. The molecule has 2 rings (SSSR count). The molecule has 0 spiro atoms. The van der Waals surface area contributed by atoms with E-state index in [-0.39, 0.29) is 5.82 Å². The van der Waals surface area contributed by atoms with Gasteiger partial charge in [-0.2, -0.15) is 0 Å². The van der Waals surface area contributed by atoms with E-state index in [1.807, 2.05) is 13.1 Å². The van der Waals surface area contributed by atoms with Gasteiger partial charge in [0, 0.05) is 17.6 Å². The van der Waals surface area contributed by atoms with Crippen LogP contribution >= 0.6 is 0 Å². The van der Waals surface area contributed by atoms with Gasteiger partial charge in [-0.05, 0) is 58.0 Å². The van der Waals surface area contributed by atoms with Crippen molar-refractivity contribution in [2.45, 2.75) is 32.7 Å². The zero-order valence-corrected chi connectivity index (χ0v) is 11.3. The molecule has 0 aliphatic heterocycles. The number of nitrogens with one attached hydrogen (secondary N) is 1. The van der Waals surface area contributed by atoms with E-state index in [4.69, 9.17) is 0 Å². The van der Waals surface area contributed by atoms with Crippen molar-refractivity contribution in [2.75, 3.05) is 13.6 Å². The number of halogens is 1. The second kappa shape index (κ2) is 5.53. The van der Waals surface area contributed by atoms with Gasteiger partial charge in [-0.1, -0.05) is 6.07 Å². The van der Waals surface area contributed by atoms with Crippen LogP contribution in [0.1, 0.15) is 31.9 Å². The molecule has 3 heteroatoms. The Morgan fingerprint density at radius 1 is 1.33 bits per heavy atom. The molecule has 0 amide bonds. The lowest BCUT2D eigenvalue weighted by Crippen LogP contribution is -2.08. The Labute approximate surface area is 108 Å². The fourth-order valence-corrected chi connectivity index (χ4v) is 2.42. The van der Waals surface area contributed by atoms with Crippen molar-refractivity contribution in [1.82, 2.24) is 9.88 Å². The predicted molar refractivity (Wildman–Crippen MR) is 74.5 cm³/mol. The van der Waals surface area contributed by atoms with Gasteiger partial charge in [0.15, 0.2) is 0 Å². The smallest absolute Gasteiger partial charge is 0.132 e. The van der Waals surface area contributed by atoms with Crippen molar-refractivity contribution in [3.63, 3.8) is 0 Å². The van der Waals surface area contributed by atoms with Crippen molar-refractivity contribution in [1.29, 1.82) is 0 Å². The highest BCUT2D eigenvalue weighted by molar-refractivity contribution is 5.84. The Balaban J connectivity index is 2.45. The molecule has 2 aromatic rings. The van der Waals surface area contributed by atoms with Crippen LogP contribution < -0.4 is 5.32 Å². The highest BCUT2D eigenvalue weighted by Crippen LogP contribution is 2.27. The summed E-state index contributed by atoms with van der Waals surface area (Å²) in [5.41, 5.74) is 2.12. The van der Waals surface area contributed by atoms with Gasteiger partial charge in [-0.25, -0.2) is 4.39 Å². The van der Waals surface area contributed by atoms with E-state index in [9.17, 15) is 4.39 Å². The first-order chi connectivity index (χ1) is 8.65. The van der Waals surface area contributed by atoms with Crippen LogP contribution in [0.5, 0.6) is 0 Å². The van der Waals surface area contributed by atoms with Crippen LogP contribution in [0.25, 0.3) is 10.9 Å². The van der Waals surface area contributed by atoms with Crippen LogP contribution in [0.15, 0.2) is 24.4 Å². The lowest BCUT2D eigenvalue weighted by molar-refractivity contribution is 0.618. The molecule has 0 unspecified atom stereocenters. The highest BCUT2D eigenvalue weighted by Gasteiger charge is 2.13. The number of rotatable bonds is 5. The average Bonchev–Trinajstić information content (AvgIpc) is 2.70. The second-order valence-electron chi connectivity index (χ2n) is 5.00. The predicted octanol–water partition coefficient (Wildman–Crippen LogP) is 3.51. The molecular weight excluding hydrogens is 227 g/mol. The van der Waals surface area contributed by atoms with E-state index >= 15 is 0 Å². The van der Waals surface area contributed by atoms with E-state index in [1.165, 1.54) is 0 Å². The summed E-state index contributed by atoms with van der Waals surface area (Å²) in [6.45, 7) is 5.21. The SMILES string of the molecule is CNCCCc1cn(C(C)C)c2cccc(F)c12. The zero-order chi connectivity index (χ0) is 13.1. The number of hydrogen-bond donors (Lipinski definition) is 1. The maximum atomic E-state index is 14.0. The normalized spacial score (nSPS) is 11.6. The quantitative estimate of drug-likeness (QED) is 0.801. The van der Waals surface area contributed by atoms with Crippen molar-refractivity contribution in [2.24, 2.45) is 0 Å². The van der Waals surface area contributed by atoms with E-state index in [2.05, 4.69) is 29.9 Å². The first kappa shape index (κ1) is 13.1. The number of aryl methyl sites for hydroxylation is 1. The molecule has 1 N–H and O–H groups in total. The Kier molecular flexibility index (Phi) is 4.02. The Bertz CT molecular complexity index is 529. The van der Waals surface area contributed by atoms with Crippen molar-refractivity contribution in [3.05, 3.63) is 35.8 Å². The fraction of sp³-hybridized carbons (Fsp3) is 0.467. The van der Waals surface area contributed by atoms with Crippen molar-refractivity contribution in [3.8, 4) is 0 Å². The largest absolute Gasteiger partial charge is 0.345 e. The number of aromatic nitrogens is 1. The zero-order valence-electron chi connectivity index (χ0n) is 11.3. The van der Waals surface area contributed by atoms with Crippen LogP contribution in [-0.2, 0) is 6.42 Å². The Morgan fingerprint density at radius 3 is 2.78 bits per heavy atom. The Hall–Kier alpha value is -1.35. The molecule has 98 valence electrons. The number of benzene rings is 1. The monoisotopic (exact) mass is 248 g/mol. The van der Waals surface area contributed by atoms with Gasteiger partial charge in [0.2, 0.25) is 0 Å². The summed E-state index contributed by atoms with van der Waals surface area (Å²) in [4.78, 5) is 0. The lowest BCUT2D eigenvalue weighted by Gasteiger charge is -2.08. The summed E-state index contributed by atoms with van der Waals surface area (Å²) in [6.07, 6.45) is 4.05. The van der Waals surface area contributed by atoms with E-state index in [0.29, 0.717) is 6.04 Å². The molecule has 0 aliphatic carbocycles. The van der Waals surface area contributed by atoms with Gasteiger partial charge in [0.1, 0.15) is 5.82 Å². The molecule has 1 heterocycles. The van der Waals surface area contributed by atoms with Gasteiger partial charge >= 0.3 is 0 Å². The van der Waals surface area contributed by atoms with E-state index in [0.717, 1.165) is 35.9 Å². The summed E-state index contributed by atoms with van der Waals surface area (Å²) < 4.78 is 16.2. The number of fused-ring (bicyclic) bond motifs is 1. The van der Waals surface area contributed by atoms with Crippen LogP contribution in [0.3, 0.4) is 0 Å². The minimum absolute atomic E-state index is 0.105. The first-order valence-corrected chi connectivity index (χ1v) is 6.57. The topological polar surface area (TPSA) is 17.0 Å². The maximum absolute atomic E-state index is 14.0. The molecule has 0 fully saturated rings. The van der Waals surface area contributed by atoms with Crippen LogP contribution in [0.2, 0.25) is 0 Å². The third-order valence-electron chi connectivity index (χ3n) is 3.32. The molecule has 0 radical (unpaired) electrons. The summed E-state index contributed by atoms with van der Waals surface area (Å²) in [5.74, 6) is -0.105. The molecule has 1 aromatic heterocycles. The third kappa shape index (κ3) is 2.41. The molecule has 0 aliphatic rings. The van der Waals surface area contributed by atoms with E-state index in [1.54, 1.807) is 12.1 Å². The molecule has 0 bridgehead atoms. The van der Waals surface area contributed by atoms with Crippen molar-refractivity contribution < 1.29 is 4.39 Å². The van der Waals surface area contributed by atoms with Crippen LogP contribution in [0.4, 0.5) is 4.39 Å². The summed E-state index contributed by atoms with van der Waals surface area (Å²) >= 11 is 0. The van der Waals surface area contributed by atoms with Gasteiger partial charge < -0.3 is 9.88 Å². The lowest BCUT2D eigenvalue weighted by atomic mass is 10.1. The molecule has 2 nitrogen and oxygen atoms in total. The minimum Gasteiger partial charge on any atom is -0.345 e. The molecule has 0 saturated heterocycles. The molecule has 0 atom stereocenters. The maximum Gasteiger partial charge on any atom is 0.132 e. The molecule has 1 aromatic carbocycles. The van der Waals surface area contributed by atoms with Gasteiger partial charge in [-0.15, -0.1) is 0 Å². The summed E-state index contributed by atoms with van der Waals surface area (Å²) in [5, 5.41) is 3.92. The standard InChI is InChI=1S/C15H21FN2/c1-11(2)18-10-12(6-5-9-17-3)15-13(16)7-4-8-14(15)18/h4,7-8,10-11,17H,5-6,9H2,1-3H3. The minimum atomic E-state index is -0.105. The van der Waals surface area contributed by atoms with Crippen LogP contribution in [0, 0.1) is 5.82 Å². The molecular formula is C15H21FN2. The van der Waals surface area contributed by atoms with Gasteiger partial charge in [-0.3, -0.25) is 0 Å². The summed E-state index contributed by atoms with van der Waals surface area (Å²) in [6, 6.07) is 5.69. The highest BCUT2D eigenvalue weighted by atomic mass is 19.1. The first-order valence-electron chi connectivity index (χ1n) is 6.57. The molecule has 0 saturated carbocycles. The average molecular weight is 248 g/mol. The van der Waals surface area contributed by atoms with Crippen LogP contribution in [-0.4, -0.2) is 18.2 Å². The number of hydrogen-bond acceptors (Lipinski definition) is 1. The van der Waals surface area contributed by atoms with Gasteiger partial charge in [0.25, 0.3) is 0 Å².